The van der Waals surface area contributed by atoms with E-state index < -0.39 is 12.2 Å². The van der Waals surface area contributed by atoms with Gasteiger partial charge in [0, 0.05) is 17.6 Å². The molecule has 17 heavy (non-hydrogen) atoms. The minimum atomic E-state index is -4.20. The SMILES string of the molecule is CC(C)NC(CC(C)NC(C)(C)C)C(F)(F)F. The van der Waals surface area contributed by atoms with Gasteiger partial charge < -0.3 is 10.6 Å². The highest BCUT2D eigenvalue weighted by atomic mass is 19.4. The average Bonchev–Trinajstić information content (AvgIpc) is 1.95. The van der Waals surface area contributed by atoms with Crippen molar-refractivity contribution in [3.8, 4) is 0 Å². The van der Waals surface area contributed by atoms with Crippen LogP contribution < -0.4 is 10.6 Å². The van der Waals surface area contributed by atoms with E-state index in [1.165, 1.54) is 0 Å². The normalized spacial score (nSPS) is 17.3. The highest BCUT2D eigenvalue weighted by Crippen LogP contribution is 2.24. The molecule has 0 radical (unpaired) electrons. The molecule has 0 aliphatic rings. The van der Waals surface area contributed by atoms with Crippen LogP contribution in [-0.4, -0.2) is 29.8 Å². The molecule has 0 aromatic rings. The molecule has 0 heterocycles. The maximum Gasteiger partial charge on any atom is 0.403 e. The number of rotatable bonds is 5. The number of hydrogen-bond acceptors (Lipinski definition) is 2. The maximum absolute atomic E-state index is 12.8. The zero-order chi connectivity index (χ0) is 13.9. The second kappa shape index (κ2) is 6.05. The molecule has 2 nitrogen and oxygen atoms in total. The van der Waals surface area contributed by atoms with Gasteiger partial charge in [-0.2, -0.15) is 13.2 Å². The minimum absolute atomic E-state index is 0.0406. The molecule has 0 bridgehead atoms. The molecular weight excluding hydrogens is 229 g/mol. The summed E-state index contributed by atoms with van der Waals surface area (Å²) in [5, 5.41) is 5.73. The Morgan fingerprint density at radius 2 is 1.47 bits per heavy atom. The Labute approximate surface area is 102 Å². The van der Waals surface area contributed by atoms with E-state index in [2.05, 4.69) is 10.6 Å². The zero-order valence-corrected chi connectivity index (χ0v) is 11.6. The first-order valence-corrected chi connectivity index (χ1v) is 6.02. The van der Waals surface area contributed by atoms with Gasteiger partial charge in [-0.3, -0.25) is 0 Å². The first kappa shape index (κ1) is 16.7. The Kier molecular flexibility index (Phi) is 5.94. The van der Waals surface area contributed by atoms with Crippen LogP contribution in [0.4, 0.5) is 13.2 Å². The Bertz CT molecular complexity index is 219. The predicted molar refractivity (Wildman–Crippen MR) is 65.1 cm³/mol. The third-order valence-corrected chi connectivity index (χ3v) is 2.20. The third-order valence-electron chi connectivity index (χ3n) is 2.20. The van der Waals surface area contributed by atoms with Crippen LogP contribution in [0.2, 0.25) is 0 Å². The summed E-state index contributed by atoms with van der Waals surface area (Å²) in [7, 11) is 0. The van der Waals surface area contributed by atoms with Gasteiger partial charge in [-0.1, -0.05) is 13.8 Å². The molecular formula is C12H25F3N2. The lowest BCUT2D eigenvalue weighted by atomic mass is 10.0. The van der Waals surface area contributed by atoms with Gasteiger partial charge in [0.25, 0.3) is 0 Å². The average molecular weight is 254 g/mol. The first-order valence-electron chi connectivity index (χ1n) is 6.02. The van der Waals surface area contributed by atoms with Gasteiger partial charge in [-0.15, -0.1) is 0 Å². The quantitative estimate of drug-likeness (QED) is 0.788. The molecule has 0 aromatic carbocycles. The molecule has 104 valence electrons. The van der Waals surface area contributed by atoms with Gasteiger partial charge in [-0.25, -0.2) is 0 Å². The molecule has 0 fully saturated rings. The van der Waals surface area contributed by atoms with Crippen LogP contribution in [0.3, 0.4) is 0 Å². The second-order valence-electron chi connectivity index (χ2n) is 5.95. The summed E-state index contributed by atoms with van der Waals surface area (Å²) in [6, 6.07) is -1.82. The van der Waals surface area contributed by atoms with E-state index in [4.69, 9.17) is 0 Å². The van der Waals surface area contributed by atoms with Gasteiger partial charge in [0.05, 0.1) is 0 Å². The monoisotopic (exact) mass is 254 g/mol. The van der Waals surface area contributed by atoms with Crippen molar-refractivity contribution in [1.82, 2.24) is 10.6 Å². The van der Waals surface area contributed by atoms with Gasteiger partial charge >= 0.3 is 6.18 Å². The number of halogens is 3. The van der Waals surface area contributed by atoms with Crippen molar-refractivity contribution >= 4 is 0 Å². The van der Waals surface area contributed by atoms with Crippen molar-refractivity contribution in [2.45, 2.75) is 77.8 Å². The molecule has 0 saturated heterocycles. The Hall–Kier alpha value is -0.290. The van der Waals surface area contributed by atoms with E-state index in [9.17, 15) is 13.2 Å². The fraction of sp³-hybridized carbons (Fsp3) is 1.00. The lowest BCUT2D eigenvalue weighted by Gasteiger charge is -2.31. The van der Waals surface area contributed by atoms with E-state index in [1.54, 1.807) is 20.8 Å². The van der Waals surface area contributed by atoms with E-state index in [0.29, 0.717) is 0 Å². The largest absolute Gasteiger partial charge is 0.403 e. The predicted octanol–water partition coefficient (Wildman–Crippen LogP) is 3.08. The summed E-state index contributed by atoms with van der Waals surface area (Å²) in [4.78, 5) is 0. The van der Waals surface area contributed by atoms with Gasteiger partial charge in [0.1, 0.15) is 6.04 Å². The fourth-order valence-corrected chi connectivity index (χ4v) is 1.85. The Morgan fingerprint density at radius 3 is 1.76 bits per heavy atom. The minimum Gasteiger partial charge on any atom is -0.310 e. The molecule has 0 saturated carbocycles. The first-order chi connectivity index (χ1) is 7.42. The Balaban J connectivity index is 4.44. The van der Waals surface area contributed by atoms with E-state index >= 15 is 0 Å². The van der Waals surface area contributed by atoms with Crippen molar-refractivity contribution < 1.29 is 13.2 Å². The summed E-state index contributed by atoms with van der Waals surface area (Å²) < 4.78 is 38.4. The third kappa shape index (κ3) is 8.44. The molecule has 2 unspecified atom stereocenters. The van der Waals surface area contributed by atoms with Gasteiger partial charge in [0.15, 0.2) is 0 Å². The van der Waals surface area contributed by atoms with Crippen LogP contribution in [0, 0.1) is 0 Å². The number of nitrogens with one attached hydrogen (secondary N) is 2. The van der Waals surface area contributed by atoms with Crippen LogP contribution in [0.1, 0.15) is 48.0 Å². The van der Waals surface area contributed by atoms with Crippen LogP contribution in [-0.2, 0) is 0 Å². The summed E-state index contributed by atoms with van der Waals surface area (Å²) in [5.74, 6) is 0. The molecule has 0 aromatic heterocycles. The molecule has 2 N–H and O–H groups in total. The molecule has 0 amide bonds. The summed E-state index contributed by atoms with van der Waals surface area (Å²) in [6.07, 6.45) is -4.16. The van der Waals surface area contributed by atoms with Crippen LogP contribution >= 0.6 is 0 Å². The second-order valence-corrected chi connectivity index (χ2v) is 5.95. The van der Waals surface area contributed by atoms with Crippen LogP contribution in [0.15, 0.2) is 0 Å². The maximum atomic E-state index is 12.8. The standard InChI is InChI=1S/C12H25F3N2/c1-8(2)16-10(12(13,14)15)7-9(3)17-11(4,5)6/h8-10,16-17H,7H2,1-6H3. The Morgan fingerprint density at radius 1 is 1.00 bits per heavy atom. The smallest absolute Gasteiger partial charge is 0.310 e. The van der Waals surface area contributed by atoms with Crippen molar-refractivity contribution in [2.75, 3.05) is 0 Å². The van der Waals surface area contributed by atoms with E-state index in [-0.39, 0.29) is 24.0 Å². The van der Waals surface area contributed by atoms with Crippen LogP contribution in [0.25, 0.3) is 0 Å². The zero-order valence-electron chi connectivity index (χ0n) is 11.6. The topological polar surface area (TPSA) is 24.1 Å². The van der Waals surface area contributed by atoms with Crippen molar-refractivity contribution in [1.29, 1.82) is 0 Å². The summed E-state index contributed by atoms with van der Waals surface area (Å²) >= 11 is 0. The molecule has 0 aliphatic carbocycles. The summed E-state index contributed by atoms with van der Waals surface area (Å²) in [6.45, 7) is 11.1. The molecule has 5 heteroatoms. The molecule has 0 spiro atoms. The van der Waals surface area contributed by atoms with Gasteiger partial charge in [0.2, 0.25) is 0 Å². The van der Waals surface area contributed by atoms with E-state index in [0.717, 1.165) is 0 Å². The van der Waals surface area contributed by atoms with Gasteiger partial charge in [-0.05, 0) is 34.1 Å². The number of hydrogen-bond donors (Lipinski definition) is 2. The highest BCUT2D eigenvalue weighted by molar-refractivity contribution is 4.84. The molecule has 2 atom stereocenters. The molecule has 0 rings (SSSR count). The lowest BCUT2D eigenvalue weighted by molar-refractivity contribution is -0.160. The van der Waals surface area contributed by atoms with Crippen LogP contribution in [0.5, 0.6) is 0 Å². The van der Waals surface area contributed by atoms with Crippen molar-refractivity contribution in [3.63, 3.8) is 0 Å². The fourth-order valence-electron chi connectivity index (χ4n) is 1.85. The highest BCUT2D eigenvalue weighted by Gasteiger charge is 2.40. The molecule has 0 aliphatic heterocycles. The van der Waals surface area contributed by atoms with Crippen molar-refractivity contribution in [3.05, 3.63) is 0 Å². The van der Waals surface area contributed by atoms with E-state index in [1.807, 2.05) is 20.8 Å². The summed E-state index contributed by atoms with van der Waals surface area (Å²) in [5.41, 5.74) is -0.173. The van der Waals surface area contributed by atoms with Crippen molar-refractivity contribution in [2.24, 2.45) is 0 Å². The number of alkyl halides is 3. The lowest BCUT2D eigenvalue weighted by Crippen LogP contribution is -2.51.